The number of pyridine rings is 1. The standard InChI is InChI=1S/C10H9FN2O/c11-8-1-2-9(13-5-8)10(12)7-3-4-14-6-7/h1-6,10H,12H2. The highest BCUT2D eigenvalue weighted by Crippen LogP contribution is 2.17. The molecule has 14 heavy (non-hydrogen) atoms. The SMILES string of the molecule is NC(c1ccoc1)c1ccc(F)cn1. The van der Waals surface area contributed by atoms with Gasteiger partial charge in [-0.15, -0.1) is 0 Å². The van der Waals surface area contributed by atoms with Crippen LogP contribution in [-0.2, 0) is 0 Å². The minimum absolute atomic E-state index is 0.366. The summed E-state index contributed by atoms with van der Waals surface area (Å²) < 4.78 is 17.5. The lowest BCUT2D eigenvalue weighted by atomic mass is 10.1. The minimum atomic E-state index is -0.367. The highest BCUT2D eigenvalue weighted by Gasteiger charge is 2.10. The molecule has 4 heteroatoms. The van der Waals surface area contributed by atoms with Gasteiger partial charge in [-0.3, -0.25) is 4.98 Å². The Labute approximate surface area is 80.4 Å². The smallest absolute Gasteiger partial charge is 0.141 e. The predicted octanol–water partition coefficient (Wildman–Crippen LogP) is 1.86. The molecule has 0 spiro atoms. The van der Waals surface area contributed by atoms with E-state index in [1.54, 1.807) is 24.7 Å². The first kappa shape index (κ1) is 8.90. The van der Waals surface area contributed by atoms with Crippen molar-refractivity contribution in [2.75, 3.05) is 0 Å². The van der Waals surface area contributed by atoms with Gasteiger partial charge in [0, 0.05) is 5.56 Å². The zero-order valence-electron chi connectivity index (χ0n) is 7.35. The highest BCUT2D eigenvalue weighted by molar-refractivity contribution is 5.23. The van der Waals surface area contributed by atoms with Crippen LogP contribution in [0.4, 0.5) is 4.39 Å². The van der Waals surface area contributed by atoms with Crippen molar-refractivity contribution in [3.63, 3.8) is 0 Å². The summed E-state index contributed by atoms with van der Waals surface area (Å²) in [5.41, 5.74) is 7.31. The van der Waals surface area contributed by atoms with E-state index in [-0.39, 0.29) is 11.9 Å². The molecule has 72 valence electrons. The predicted molar refractivity (Wildman–Crippen MR) is 48.9 cm³/mol. The van der Waals surface area contributed by atoms with Crippen LogP contribution >= 0.6 is 0 Å². The Balaban J connectivity index is 2.28. The second-order valence-electron chi connectivity index (χ2n) is 2.94. The van der Waals surface area contributed by atoms with Crippen molar-refractivity contribution in [3.8, 4) is 0 Å². The van der Waals surface area contributed by atoms with Crippen LogP contribution in [0.5, 0.6) is 0 Å². The van der Waals surface area contributed by atoms with Gasteiger partial charge in [0.15, 0.2) is 0 Å². The summed E-state index contributed by atoms with van der Waals surface area (Å²) in [6.07, 6.45) is 4.24. The summed E-state index contributed by atoms with van der Waals surface area (Å²) in [7, 11) is 0. The molecule has 0 amide bonds. The fourth-order valence-electron chi connectivity index (χ4n) is 1.19. The molecule has 2 heterocycles. The molecule has 0 aliphatic heterocycles. The molecule has 2 aromatic rings. The fraction of sp³-hybridized carbons (Fsp3) is 0.100. The van der Waals surface area contributed by atoms with E-state index in [9.17, 15) is 4.39 Å². The normalized spacial score (nSPS) is 12.7. The van der Waals surface area contributed by atoms with Crippen molar-refractivity contribution >= 4 is 0 Å². The zero-order valence-corrected chi connectivity index (χ0v) is 7.35. The van der Waals surface area contributed by atoms with E-state index in [4.69, 9.17) is 10.2 Å². The lowest BCUT2D eigenvalue weighted by Gasteiger charge is -2.07. The van der Waals surface area contributed by atoms with Crippen LogP contribution in [-0.4, -0.2) is 4.98 Å². The average molecular weight is 192 g/mol. The van der Waals surface area contributed by atoms with E-state index in [1.807, 2.05) is 0 Å². The number of nitrogens with zero attached hydrogens (tertiary/aromatic N) is 1. The largest absolute Gasteiger partial charge is 0.472 e. The fourth-order valence-corrected chi connectivity index (χ4v) is 1.19. The van der Waals surface area contributed by atoms with Crippen LogP contribution in [0.3, 0.4) is 0 Å². The minimum Gasteiger partial charge on any atom is -0.472 e. The lowest BCUT2D eigenvalue weighted by molar-refractivity contribution is 0.561. The van der Waals surface area contributed by atoms with Gasteiger partial charge in [-0.1, -0.05) is 0 Å². The van der Waals surface area contributed by atoms with Gasteiger partial charge in [-0.05, 0) is 18.2 Å². The molecular formula is C10H9FN2O. The zero-order chi connectivity index (χ0) is 9.97. The molecule has 1 unspecified atom stereocenters. The summed E-state index contributed by atoms with van der Waals surface area (Å²) in [5.74, 6) is -0.367. The Morgan fingerprint density at radius 3 is 2.79 bits per heavy atom. The maximum Gasteiger partial charge on any atom is 0.141 e. The van der Waals surface area contributed by atoms with E-state index >= 15 is 0 Å². The molecule has 0 aliphatic carbocycles. The third-order valence-corrected chi connectivity index (χ3v) is 1.97. The van der Waals surface area contributed by atoms with Crippen molar-refractivity contribution in [2.24, 2.45) is 5.73 Å². The van der Waals surface area contributed by atoms with Crippen LogP contribution in [0.1, 0.15) is 17.3 Å². The maximum absolute atomic E-state index is 12.6. The van der Waals surface area contributed by atoms with Gasteiger partial charge in [-0.25, -0.2) is 4.39 Å². The summed E-state index contributed by atoms with van der Waals surface area (Å²) in [6, 6.07) is 4.29. The summed E-state index contributed by atoms with van der Waals surface area (Å²) >= 11 is 0. The number of halogens is 1. The molecule has 2 aromatic heterocycles. The molecule has 0 aromatic carbocycles. The first-order chi connectivity index (χ1) is 6.77. The van der Waals surface area contributed by atoms with Crippen molar-refractivity contribution in [1.29, 1.82) is 0 Å². The molecule has 0 saturated carbocycles. The van der Waals surface area contributed by atoms with Gasteiger partial charge in [-0.2, -0.15) is 0 Å². The van der Waals surface area contributed by atoms with Gasteiger partial charge >= 0.3 is 0 Å². The lowest BCUT2D eigenvalue weighted by Crippen LogP contribution is -2.12. The number of hydrogen-bond acceptors (Lipinski definition) is 3. The molecule has 2 rings (SSSR count). The van der Waals surface area contributed by atoms with Gasteiger partial charge in [0.05, 0.1) is 30.5 Å². The molecule has 0 radical (unpaired) electrons. The van der Waals surface area contributed by atoms with Crippen molar-refractivity contribution in [1.82, 2.24) is 4.98 Å². The van der Waals surface area contributed by atoms with Crippen molar-refractivity contribution in [2.45, 2.75) is 6.04 Å². The van der Waals surface area contributed by atoms with Gasteiger partial charge in [0.25, 0.3) is 0 Å². The second-order valence-corrected chi connectivity index (χ2v) is 2.94. The quantitative estimate of drug-likeness (QED) is 0.790. The van der Waals surface area contributed by atoms with E-state index < -0.39 is 0 Å². The van der Waals surface area contributed by atoms with E-state index in [2.05, 4.69) is 4.98 Å². The molecular weight excluding hydrogens is 183 g/mol. The third kappa shape index (κ3) is 1.65. The summed E-state index contributed by atoms with van der Waals surface area (Å²) in [5, 5.41) is 0. The first-order valence-electron chi connectivity index (χ1n) is 4.16. The number of nitrogens with two attached hydrogens (primary N) is 1. The van der Waals surface area contributed by atoms with Crippen LogP contribution in [0.2, 0.25) is 0 Å². The van der Waals surface area contributed by atoms with E-state index in [1.165, 1.54) is 6.07 Å². The molecule has 3 nitrogen and oxygen atoms in total. The average Bonchev–Trinajstić information content (AvgIpc) is 2.71. The van der Waals surface area contributed by atoms with Gasteiger partial charge in [0.2, 0.25) is 0 Å². The first-order valence-corrected chi connectivity index (χ1v) is 4.16. The molecule has 0 saturated heterocycles. The maximum atomic E-state index is 12.6. The number of hydrogen-bond donors (Lipinski definition) is 1. The van der Waals surface area contributed by atoms with Crippen molar-refractivity contribution in [3.05, 3.63) is 54.0 Å². The molecule has 1 atom stereocenters. The third-order valence-electron chi connectivity index (χ3n) is 1.97. The summed E-state index contributed by atoms with van der Waals surface area (Å²) in [6.45, 7) is 0. The van der Waals surface area contributed by atoms with E-state index in [0.29, 0.717) is 5.69 Å². The number of furan rings is 1. The summed E-state index contributed by atoms with van der Waals surface area (Å²) in [4.78, 5) is 3.89. The Morgan fingerprint density at radius 1 is 1.36 bits per heavy atom. The van der Waals surface area contributed by atoms with Crippen molar-refractivity contribution < 1.29 is 8.81 Å². The Morgan fingerprint density at radius 2 is 2.21 bits per heavy atom. The molecule has 0 fully saturated rings. The monoisotopic (exact) mass is 192 g/mol. The van der Waals surface area contributed by atoms with E-state index in [0.717, 1.165) is 11.8 Å². The van der Waals surface area contributed by atoms with Gasteiger partial charge < -0.3 is 10.2 Å². The number of rotatable bonds is 2. The van der Waals surface area contributed by atoms with Crippen LogP contribution in [0.25, 0.3) is 0 Å². The van der Waals surface area contributed by atoms with Crippen LogP contribution in [0.15, 0.2) is 41.3 Å². The van der Waals surface area contributed by atoms with Crippen LogP contribution in [0, 0.1) is 5.82 Å². The Bertz CT molecular complexity index is 397. The van der Waals surface area contributed by atoms with Crippen LogP contribution < -0.4 is 5.73 Å². The molecule has 0 bridgehead atoms. The Kier molecular flexibility index (Phi) is 2.28. The highest BCUT2D eigenvalue weighted by atomic mass is 19.1. The number of aromatic nitrogens is 1. The molecule has 2 N–H and O–H groups in total. The topological polar surface area (TPSA) is 52.0 Å². The second kappa shape index (κ2) is 3.59. The molecule has 0 aliphatic rings. The Hall–Kier alpha value is -1.68. The van der Waals surface area contributed by atoms with Gasteiger partial charge in [0.1, 0.15) is 5.82 Å².